The van der Waals surface area contributed by atoms with Crippen LogP contribution in [0, 0.1) is 0 Å². The average molecular weight is 370 g/mol. The van der Waals surface area contributed by atoms with Crippen molar-refractivity contribution in [2.75, 3.05) is 39.4 Å². The number of hydrogen-bond donors (Lipinski definition) is 2. The molecule has 4 rings (SSSR count). The van der Waals surface area contributed by atoms with Crippen molar-refractivity contribution in [2.24, 2.45) is 0 Å². The molecule has 3 heterocycles. The number of fused-ring (bicyclic) bond motifs is 1. The van der Waals surface area contributed by atoms with Crippen LogP contribution in [-0.2, 0) is 17.7 Å². The first-order valence-corrected chi connectivity index (χ1v) is 9.58. The second-order valence-corrected chi connectivity index (χ2v) is 7.04. The van der Waals surface area contributed by atoms with Crippen molar-refractivity contribution in [1.82, 2.24) is 30.3 Å². The van der Waals surface area contributed by atoms with Crippen LogP contribution in [0.15, 0.2) is 30.6 Å². The normalized spacial score (nSPS) is 20.3. The first-order valence-electron chi connectivity index (χ1n) is 9.58. The van der Waals surface area contributed by atoms with E-state index >= 15 is 0 Å². The number of benzene rings is 1. The minimum absolute atomic E-state index is 0.0660. The molecule has 144 valence electrons. The molecule has 0 bridgehead atoms. The molecular formula is C19H26N6O2. The fraction of sp³-hybridized carbons (Fsp3) is 0.526. The zero-order valence-corrected chi connectivity index (χ0v) is 15.4. The van der Waals surface area contributed by atoms with Crippen molar-refractivity contribution in [1.29, 1.82) is 0 Å². The van der Waals surface area contributed by atoms with Gasteiger partial charge in [-0.3, -0.25) is 10.00 Å². The molecule has 27 heavy (non-hydrogen) atoms. The van der Waals surface area contributed by atoms with Gasteiger partial charge in [-0.2, -0.15) is 5.10 Å². The van der Waals surface area contributed by atoms with E-state index < -0.39 is 0 Å². The summed E-state index contributed by atoms with van der Waals surface area (Å²) < 4.78 is 5.50. The molecule has 8 nitrogen and oxygen atoms in total. The minimum Gasteiger partial charge on any atom is -0.377 e. The van der Waals surface area contributed by atoms with Gasteiger partial charge in [-0.15, -0.1) is 0 Å². The van der Waals surface area contributed by atoms with E-state index in [4.69, 9.17) is 4.74 Å². The number of carbonyl (C=O) groups is 1. The molecule has 1 aromatic heterocycles. The number of hydrogen-bond acceptors (Lipinski definition) is 5. The Morgan fingerprint density at radius 3 is 3.04 bits per heavy atom. The van der Waals surface area contributed by atoms with Crippen molar-refractivity contribution in [3.63, 3.8) is 0 Å². The van der Waals surface area contributed by atoms with Gasteiger partial charge >= 0.3 is 6.03 Å². The van der Waals surface area contributed by atoms with Gasteiger partial charge in [0.2, 0.25) is 0 Å². The molecule has 2 aliphatic heterocycles. The Morgan fingerprint density at radius 1 is 1.30 bits per heavy atom. The summed E-state index contributed by atoms with van der Waals surface area (Å²) in [5.41, 5.74) is 2.89. The summed E-state index contributed by atoms with van der Waals surface area (Å²) in [4.78, 5) is 21.0. The van der Waals surface area contributed by atoms with Crippen molar-refractivity contribution >= 4 is 6.03 Å². The quantitative estimate of drug-likeness (QED) is 0.776. The van der Waals surface area contributed by atoms with Gasteiger partial charge < -0.3 is 15.0 Å². The van der Waals surface area contributed by atoms with E-state index in [9.17, 15) is 4.79 Å². The van der Waals surface area contributed by atoms with Gasteiger partial charge in [0.25, 0.3) is 0 Å². The molecule has 0 radical (unpaired) electrons. The number of ether oxygens (including phenoxy) is 1. The Labute approximate surface area is 158 Å². The summed E-state index contributed by atoms with van der Waals surface area (Å²) in [5.74, 6) is 0.664. The highest BCUT2D eigenvalue weighted by molar-refractivity contribution is 5.74. The van der Waals surface area contributed by atoms with Crippen LogP contribution in [0.2, 0.25) is 0 Å². The third kappa shape index (κ3) is 4.28. The largest absolute Gasteiger partial charge is 0.377 e. The molecule has 1 saturated heterocycles. The zero-order chi connectivity index (χ0) is 18.5. The maximum Gasteiger partial charge on any atom is 0.318 e. The molecule has 0 saturated carbocycles. The van der Waals surface area contributed by atoms with Crippen LogP contribution in [0.5, 0.6) is 0 Å². The lowest BCUT2D eigenvalue weighted by Gasteiger charge is -2.34. The maximum atomic E-state index is 12.6. The van der Waals surface area contributed by atoms with Gasteiger partial charge in [0.1, 0.15) is 18.2 Å². The summed E-state index contributed by atoms with van der Waals surface area (Å²) >= 11 is 0. The smallest absolute Gasteiger partial charge is 0.318 e. The van der Waals surface area contributed by atoms with Crippen LogP contribution in [0.25, 0.3) is 0 Å². The van der Waals surface area contributed by atoms with E-state index in [0.717, 1.165) is 32.5 Å². The molecule has 0 aliphatic carbocycles. The minimum atomic E-state index is -0.208. The number of rotatable bonds is 5. The summed E-state index contributed by atoms with van der Waals surface area (Å²) in [7, 11) is 0. The Morgan fingerprint density at radius 2 is 2.19 bits per heavy atom. The van der Waals surface area contributed by atoms with Gasteiger partial charge in [-0.05, 0) is 24.0 Å². The molecule has 8 heteroatoms. The number of aromatic amines is 1. The molecule has 2 aliphatic rings. The van der Waals surface area contributed by atoms with E-state index in [-0.39, 0.29) is 12.1 Å². The van der Waals surface area contributed by atoms with Gasteiger partial charge in [0.05, 0.1) is 13.2 Å². The lowest BCUT2D eigenvalue weighted by molar-refractivity contribution is 0.00872. The summed E-state index contributed by atoms with van der Waals surface area (Å²) in [6.07, 6.45) is 3.50. The van der Waals surface area contributed by atoms with Gasteiger partial charge in [-0.1, -0.05) is 24.3 Å². The Bertz CT molecular complexity index is 750. The lowest BCUT2D eigenvalue weighted by Crippen LogP contribution is -2.48. The average Bonchev–Trinajstić information content (AvgIpc) is 3.26. The third-order valence-electron chi connectivity index (χ3n) is 5.28. The zero-order valence-electron chi connectivity index (χ0n) is 15.4. The van der Waals surface area contributed by atoms with E-state index in [1.807, 2.05) is 0 Å². The van der Waals surface area contributed by atoms with Crippen LogP contribution in [-0.4, -0.2) is 70.4 Å². The van der Waals surface area contributed by atoms with Crippen molar-refractivity contribution in [3.8, 4) is 0 Å². The van der Waals surface area contributed by atoms with E-state index in [1.165, 1.54) is 17.5 Å². The molecule has 1 atom stereocenters. The Kier molecular flexibility index (Phi) is 5.64. The number of nitrogens with one attached hydrogen (secondary N) is 2. The fourth-order valence-corrected chi connectivity index (χ4v) is 3.79. The molecule has 1 unspecified atom stereocenters. The van der Waals surface area contributed by atoms with Crippen LogP contribution >= 0.6 is 0 Å². The summed E-state index contributed by atoms with van der Waals surface area (Å²) in [6, 6.07) is 8.38. The van der Waals surface area contributed by atoms with Crippen LogP contribution in [0.4, 0.5) is 4.79 Å². The Hall–Kier alpha value is -2.45. The maximum absolute atomic E-state index is 12.6. The van der Waals surface area contributed by atoms with E-state index in [1.54, 1.807) is 4.90 Å². The fourth-order valence-electron chi connectivity index (χ4n) is 3.79. The number of aromatic nitrogens is 3. The number of nitrogens with zero attached hydrogens (tertiary/aromatic N) is 4. The summed E-state index contributed by atoms with van der Waals surface area (Å²) in [6.45, 7) is 5.28. The van der Waals surface area contributed by atoms with E-state index in [0.29, 0.717) is 32.1 Å². The van der Waals surface area contributed by atoms with Crippen molar-refractivity contribution in [3.05, 3.63) is 47.5 Å². The molecule has 2 N–H and O–H groups in total. The van der Waals surface area contributed by atoms with Gasteiger partial charge in [-0.25, -0.2) is 9.78 Å². The topological polar surface area (TPSA) is 86.4 Å². The number of amides is 2. The Balaban J connectivity index is 1.23. The molecular weight excluding hydrogens is 344 g/mol. The first kappa shape index (κ1) is 17.9. The van der Waals surface area contributed by atoms with E-state index in [2.05, 4.69) is 49.7 Å². The molecule has 1 fully saturated rings. The monoisotopic (exact) mass is 370 g/mol. The number of H-pyrrole nitrogens is 1. The first-order chi connectivity index (χ1) is 13.3. The van der Waals surface area contributed by atoms with Crippen LogP contribution in [0.3, 0.4) is 0 Å². The van der Waals surface area contributed by atoms with Crippen LogP contribution < -0.4 is 5.32 Å². The van der Waals surface area contributed by atoms with Crippen molar-refractivity contribution in [2.45, 2.75) is 25.4 Å². The summed E-state index contributed by atoms with van der Waals surface area (Å²) in [5, 5.41) is 9.77. The highest BCUT2D eigenvalue weighted by atomic mass is 16.5. The number of urea groups is 1. The van der Waals surface area contributed by atoms with Crippen molar-refractivity contribution < 1.29 is 9.53 Å². The second-order valence-electron chi connectivity index (χ2n) is 7.04. The number of morpholine rings is 1. The second kappa shape index (κ2) is 8.49. The highest BCUT2D eigenvalue weighted by Crippen LogP contribution is 2.21. The standard InChI is InChI=1S/C19H26N6O2/c26-19(25-10-11-27-13-17(25)18-21-14-22-23-18)20-7-3-8-24-9-6-15-4-1-2-5-16(15)12-24/h1-2,4-5,14,17H,3,6-13H2,(H,20,26)(H,21,22,23). The highest BCUT2D eigenvalue weighted by Gasteiger charge is 2.30. The SMILES string of the molecule is O=C(NCCCN1CCc2ccccc2C1)N1CCOCC1c1ncn[nH]1. The third-order valence-corrected chi connectivity index (χ3v) is 5.28. The molecule has 1 aromatic carbocycles. The molecule has 2 aromatic rings. The van der Waals surface area contributed by atoms with Gasteiger partial charge in [0, 0.05) is 32.7 Å². The predicted molar refractivity (Wildman–Crippen MR) is 100 cm³/mol. The molecule has 2 amide bonds. The predicted octanol–water partition coefficient (Wildman–Crippen LogP) is 1.34. The van der Waals surface area contributed by atoms with Gasteiger partial charge in [0.15, 0.2) is 0 Å². The number of carbonyl (C=O) groups excluding carboxylic acids is 1. The molecule has 0 spiro atoms. The lowest BCUT2D eigenvalue weighted by atomic mass is 10.00. The van der Waals surface area contributed by atoms with Crippen LogP contribution in [0.1, 0.15) is 29.4 Å².